The molecule has 0 aliphatic rings. The van der Waals surface area contributed by atoms with Crippen LogP contribution in [0.5, 0.6) is 11.5 Å². The Hall–Kier alpha value is -0.970. The molecule has 0 amide bonds. The number of rotatable bonds is 4. The van der Waals surface area contributed by atoms with Crippen molar-refractivity contribution in [2.75, 3.05) is 13.7 Å². The third kappa shape index (κ3) is 3.77. The van der Waals surface area contributed by atoms with Crippen LogP contribution in [0.4, 0.5) is 0 Å². The van der Waals surface area contributed by atoms with Gasteiger partial charge in [-0.3, -0.25) is 0 Å². The molecule has 1 aromatic carbocycles. The van der Waals surface area contributed by atoms with Gasteiger partial charge in [-0.1, -0.05) is 17.7 Å². The molecule has 102 valence electrons. The number of aromatic hydroxyl groups is 1. The van der Waals surface area contributed by atoms with Crippen LogP contribution < -0.4 is 10.1 Å². The Morgan fingerprint density at radius 3 is 2.50 bits per heavy atom. The molecule has 0 saturated heterocycles. The summed E-state index contributed by atoms with van der Waals surface area (Å²) in [6.45, 7) is 6.41. The molecule has 0 aliphatic carbocycles. The fraction of sp³-hybridized carbons (Fsp3) is 0.538. The zero-order chi connectivity index (χ0) is 13.9. The van der Waals surface area contributed by atoms with Crippen molar-refractivity contribution in [3.8, 4) is 11.5 Å². The van der Waals surface area contributed by atoms with E-state index in [1.165, 1.54) is 13.2 Å². The quantitative estimate of drug-likeness (QED) is 0.789. The summed E-state index contributed by atoms with van der Waals surface area (Å²) in [5.74, 6) is 0.145. The summed E-state index contributed by atoms with van der Waals surface area (Å²) in [6, 6.07) is 3.05. The lowest BCUT2D eigenvalue weighted by molar-refractivity contribution is 0.163. The van der Waals surface area contributed by atoms with Crippen LogP contribution in [-0.4, -0.2) is 29.4 Å². The first-order valence-corrected chi connectivity index (χ1v) is 6.12. The molecule has 0 bridgehead atoms. The molecule has 0 spiro atoms. The molecule has 1 rings (SSSR count). The van der Waals surface area contributed by atoms with E-state index in [2.05, 4.69) is 5.32 Å². The highest BCUT2D eigenvalue weighted by atomic mass is 35.5. The summed E-state index contributed by atoms with van der Waals surface area (Å²) >= 11 is 6.09. The van der Waals surface area contributed by atoms with Gasteiger partial charge in [0, 0.05) is 17.6 Å². The SMILES string of the molecule is COc1c(O)ccc(C(O)CNC(C)(C)C)c1Cl. The van der Waals surface area contributed by atoms with Gasteiger partial charge in [0.2, 0.25) is 0 Å². The fourth-order valence-corrected chi connectivity index (χ4v) is 1.89. The Kier molecular flexibility index (Phi) is 4.85. The number of methoxy groups -OCH3 is 1. The van der Waals surface area contributed by atoms with Gasteiger partial charge in [-0.25, -0.2) is 0 Å². The van der Waals surface area contributed by atoms with Gasteiger partial charge in [0.05, 0.1) is 18.2 Å². The molecular formula is C13H20ClNO3. The molecule has 0 heterocycles. The third-order valence-electron chi connectivity index (χ3n) is 2.50. The first-order valence-electron chi connectivity index (χ1n) is 5.74. The standard InChI is InChI=1S/C13H20ClNO3/c1-13(2,3)15-7-10(17)8-5-6-9(16)12(18-4)11(8)14/h5-6,10,15-17H,7H2,1-4H3. The number of halogens is 1. The zero-order valence-corrected chi connectivity index (χ0v) is 11.9. The number of aliphatic hydroxyl groups excluding tert-OH is 1. The maximum atomic E-state index is 10.1. The lowest BCUT2D eigenvalue weighted by Gasteiger charge is -2.23. The monoisotopic (exact) mass is 273 g/mol. The Labute approximate surface area is 113 Å². The van der Waals surface area contributed by atoms with E-state index >= 15 is 0 Å². The minimum Gasteiger partial charge on any atom is -0.504 e. The molecule has 0 saturated carbocycles. The van der Waals surface area contributed by atoms with Crippen LogP contribution in [0, 0.1) is 0 Å². The summed E-state index contributed by atoms with van der Waals surface area (Å²) in [5.41, 5.74) is 0.442. The van der Waals surface area contributed by atoms with E-state index in [1.807, 2.05) is 20.8 Å². The molecule has 3 N–H and O–H groups in total. The average Bonchev–Trinajstić information content (AvgIpc) is 2.26. The summed E-state index contributed by atoms with van der Waals surface area (Å²) in [7, 11) is 1.42. The maximum absolute atomic E-state index is 10.1. The number of phenols is 1. The largest absolute Gasteiger partial charge is 0.504 e. The smallest absolute Gasteiger partial charge is 0.179 e. The predicted octanol–water partition coefficient (Wildman–Crippen LogP) is 2.48. The van der Waals surface area contributed by atoms with Crippen LogP contribution in [0.3, 0.4) is 0 Å². The molecule has 1 unspecified atom stereocenters. The van der Waals surface area contributed by atoms with Gasteiger partial charge in [0.1, 0.15) is 0 Å². The molecule has 4 nitrogen and oxygen atoms in total. The number of hydrogen-bond acceptors (Lipinski definition) is 4. The number of benzene rings is 1. The van der Waals surface area contributed by atoms with Gasteiger partial charge in [-0.15, -0.1) is 0 Å². The number of β-amino-alcohol motifs (C(OH)–C–C–N with tert-alkyl or cyclic N) is 1. The second kappa shape index (κ2) is 5.78. The average molecular weight is 274 g/mol. The first kappa shape index (κ1) is 15.1. The highest BCUT2D eigenvalue weighted by Crippen LogP contribution is 2.38. The second-order valence-electron chi connectivity index (χ2n) is 5.17. The molecule has 0 aliphatic heterocycles. The van der Waals surface area contributed by atoms with Crippen molar-refractivity contribution in [1.82, 2.24) is 5.32 Å². The Bertz CT molecular complexity index is 415. The van der Waals surface area contributed by atoms with E-state index in [1.54, 1.807) is 6.07 Å². The van der Waals surface area contributed by atoms with E-state index < -0.39 is 6.10 Å². The Balaban J connectivity index is 2.90. The highest BCUT2D eigenvalue weighted by Gasteiger charge is 2.19. The number of aliphatic hydroxyl groups is 1. The number of ether oxygens (including phenoxy) is 1. The Morgan fingerprint density at radius 1 is 1.39 bits per heavy atom. The van der Waals surface area contributed by atoms with E-state index in [-0.39, 0.29) is 22.1 Å². The van der Waals surface area contributed by atoms with Crippen molar-refractivity contribution in [1.29, 1.82) is 0 Å². The van der Waals surface area contributed by atoms with E-state index in [0.717, 1.165) is 0 Å². The van der Waals surface area contributed by atoms with Crippen LogP contribution in [-0.2, 0) is 0 Å². The van der Waals surface area contributed by atoms with Crippen molar-refractivity contribution in [2.45, 2.75) is 32.4 Å². The van der Waals surface area contributed by atoms with Gasteiger partial charge in [-0.2, -0.15) is 0 Å². The van der Waals surface area contributed by atoms with Gasteiger partial charge in [0.25, 0.3) is 0 Å². The van der Waals surface area contributed by atoms with E-state index in [4.69, 9.17) is 16.3 Å². The molecular weight excluding hydrogens is 254 g/mol. The van der Waals surface area contributed by atoms with Crippen LogP contribution in [0.2, 0.25) is 5.02 Å². The summed E-state index contributed by atoms with van der Waals surface area (Å²) in [4.78, 5) is 0. The molecule has 0 radical (unpaired) electrons. The van der Waals surface area contributed by atoms with Crippen molar-refractivity contribution in [3.63, 3.8) is 0 Å². The van der Waals surface area contributed by atoms with E-state index in [9.17, 15) is 10.2 Å². The molecule has 18 heavy (non-hydrogen) atoms. The van der Waals surface area contributed by atoms with Crippen molar-refractivity contribution in [3.05, 3.63) is 22.7 Å². The number of hydrogen-bond donors (Lipinski definition) is 3. The van der Waals surface area contributed by atoms with Crippen LogP contribution in [0.15, 0.2) is 12.1 Å². The maximum Gasteiger partial charge on any atom is 0.179 e. The predicted molar refractivity (Wildman–Crippen MR) is 72.4 cm³/mol. The molecule has 1 atom stereocenters. The first-order chi connectivity index (χ1) is 8.26. The molecule has 5 heteroatoms. The summed E-state index contributed by atoms with van der Waals surface area (Å²) in [5, 5.41) is 23.1. The molecule has 0 aromatic heterocycles. The minimum atomic E-state index is -0.758. The van der Waals surface area contributed by atoms with Crippen molar-refractivity contribution >= 4 is 11.6 Å². The minimum absolute atomic E-state index is 0.0396. The van der Waals surface area contributed by atoms with Crippen molar-refractivity contribution < 1.29 is 14.9 Å². The van der Waals surface area contributed by atoms with Crippen molar-refractivity contribution in [2.24, 2.45) is 0 Å². The van der Waals surface area contributed by atoms with Crippen LogP contribution in [0.25, 0.3) is 0 Å². The third-order valence-corrected chi connectivity index (χ3v) is 2.88. The molecule has 0 fully saturated rings. The van der Waals surface area contributed by atoms with E-state index in [0.29, 0.717) is 12.1 Å². The van der Waals surface area contributed by atoms with Gasteiger partial charge >= 0.3 is 0 Å². The van der Waals surface area contributed by atoms with Gasteiger partial charge in [-0.05, 0) is 26.8 Å². The van der Waals surface area contributed by atoms with Crippen LogP contribution >= 0.6 is 11.6 Å². The van der Waals surface area contributed by atoms with Crippen LogP contribution in [0.1, 0.15) is 32.4 Å². The zero-order valence-electron chi connectivity index (χ0n) is 11.1. The highest BCUT2D eigenvalue weighted by molar-refractivity contribution is 6.33. The number of phenolic OH excluding ortho intramolecular Hbond substituents is 1. The Morgan fingerprint density at radius 2 is 2.00 bits per heavy atom. The van der Waals surface area contributed by atoms with Gasteiger partial charge in [0.15, 0.2) is 11.5 Å². The normalized spacial score (nSPS) is 13.4. The second-order valence-corrected chi connectivity index (χ2v) is 5.55. The lowest BCUT2D eigenvalue weighted by Crippen LogP contribution is -2.38. The summed E-state index contributed by atoms with van der Waals surface area (Å²) in [6.07, 6.45) is -0.758. The molecule has 1 aromatic rings. The lowest BCUT2D eigenvalue weighted by atomic mass is 10.1. The van der Waals surface area contributed by atoms with Gasteiger partial charge < -0.3 is 20.3 Å². The number of nitrogens with one attached hydrogen (secondary N) is 1. The summed E-state index contributed by atoms with van der Waals surface area (Å²) < 4.78 is 5.00. The topological polar surface area (TPSA) is 61.7 Å². The fourth-order valence-electron chi connectivity index (χ4n) is 1.53.